The minimum Gasteiger partial charge on any atom is -0.444 e. The van der Waals surface area contributed by atoms with Gasteiger partial charge in [0.05, 0.1) is 0 Å². The van der Waals surface area contributed by atoms with Crippen molar-refractivity contribution in [3.05, 3.63) is 0 Å². The molecule has 2 aliphatic heterocycles. The maximum Gasteiger partial charge on any atom is 0.410 e. The molecule has 0 radical (unpaired) electrons. The standard InChI is InChI=1S/C12H22N2O2S/c1-12(2,3)16-11(15)14-5-4-9(6-14)13-10-7-17-8-10/h9-10,13H,4-8H2,1-3H3. The first-order valence-corrected chi connectivity index (χ1v) is 7.41. The molecule has 0 aromatic carbocycles. The number of nitrogens with zero attached hydrogens (tertiary/aromatic N) is 1. The second kappa shape index (κ2) is 5.06. The van der Waals surface area contributed by atoms with Gasteiger partial charge in [-0.2, -0.15) is 11.8 Å². The summed E-state index contributed by atoms with van der Waals surface area (Å²) >= 11 is 1.98. The molecule has 5 heteroatoms. The van der Waals surface area contributed by atoms with Gasteiger partial charge >= 0.3 is 6.09 Å². The van der Waals surface area contributed by atoms with Crippen molar-refractivity contribution in [2.75, 3.05) is 24.6 Å². The molecule has 1 unspecified atom stereocenters. The predicted octanol–water partition coefficient (Wildman–Crippen LogP) is 1.70. The zero-order valence-corrected chi connectivity index (χ0v) is 11.7. The fourth-order valence-electron chi connectivity index (χ4n) is 2.05. The zero-order valence-electron chi connectivity index (χ0n) is 10.9. The number of thioether (sulfide) groups is 1. The summed E-state index contributed by atoms with van der Waals surface area (Å²) in [4.78, 5) is 13.7. The molecule has 0 aliphatic carbocycles. The maximum absolute atomic E-state index is 11.8. The van der Waals surface area contributed by atoms with Crippen LogP contribution in [-0.4, -0.2) is 53.3 Å². The van der Waals surface area contributed by atoms with Gasteiger partial charge in [0.1, 0.15) is 5.60 Å². The molecule has 2 rings (SSSR count). The summed E-state index contributed by atoms with van der Waals surface area (Å²) in [6, 6.07) is 1.11. The highest BCUT2D eigenvalue weighted by Gasteiger charge is 2.31. The van der Waals surface area contributed by atoms with Gasteiger partial charge in [0, 0.05) is 36.7 Å². The SMILES string of the molecule is CC(C)(C)OC(=O)N1CCC(NC2CSC2)C1. The van der Waals surface area contributed by atoms with E-state index in [0.29, 0.717) is 12.1 Å². The Hall–Kier alpha value is -0.420. The third kappa shape index (κ3) is 3.78. The number of hydrogen-bond acceptors (Lipinski definition) is 4. The molecular formula is C12H22N2O2S. The highest BCUT2D eigenvalue weighted by Crippen LogP contribution is 2.21. The van der Waals surface area contributed by atoms with Crippen LogP contribution in [-0.2, 0) is 4.74 Å². The minimum absolute atomic E-state index is 0.176. The number of amides is 1. The Morgan fingerprint density at radius 2 is 2.06 bits per heavy atom. The zero-order chi connectivity index (χ0) is 12.5. The van der Waals surface area contributed by atoms with Crippen LogP contribution in [0, 0.1) is 0 Å². The van der Waals surface area contributed by atoms with E-state index in [2.05, 4.69) is 5.32 Å². The quantitative estimate of drug-likeness (QED) is 0.818. The van der Waals surface area contributed by atoms with E-state index in [0.717, 1.165) is 19.5 Å². The molecule has 0 aromatic rings. The summed E-state index contributed by atoms with van der Waals surface area (Å²) in [5, 5.41) is 3.59. The average Bonchev–Trinajstić information content (AvgIpc) is 2.56. The lowest BCUT2D eigenvalue weighted by Crippen LogP contribution is -2.47. The van der Waals surface area contributed by atoms with E-state index in [1.807, 2.05) is 37.4 Å². The molecule has 17 heavy (non-hydrogen) atoms. The second-order valence-electron chi connectivity index (χ2n) is 5.81. The summed E-state index contributed by atoms with van der Waals surface area (Å²) in [5.41, 5.74) is -0.396. The predicted molar refractivity (Wildman–Crippen MR) is 70.5 cm³/mol. The number of carbonyl (C=O) groups excluding carboxylic acids is 1. The molecule has 0 bridgehead atoms. The van der Waals surface area contributed by atoms with E-state index >= 15 is 0 Å². The fraction of sp³-hybridized carbons (Fsp3) is 0.917. The van der Waals surface area contributed by atoms with Gasteiger partial charge in [0.15, 0.2) is 0 Å². The van der Waals surface area contributed by atoms with Crippen molar-refractivity contribution in [2.45, 2.75) is 44.9 Å². The molecule has 4 nitrogen and oxygen atoms in total. The Kier molecular flexibility index (Phi) is 3.88. The Bertz CT molecular complexity index is 287. The van der Waals surface area contributed by atoms with Crippen molar-refractivity contribution in [1.82, 2.24) is 10.2 Å². The summed E-state index contributed by atoms with van der Waals surface area (Å²) in [6.45, 7) is 7.31. The number of rotatable bonds is 2. The smallest absolute Gasteiger partial charge is 0.410 e. The van der Waals surface area contributed by atoms with Crippen LogP contribution in [0.2, 0.25) is 0 Å². The summed E-state index contributed by atoms with van der Waals surface area (Å²) < 4.78 is 5.37. The van der Waals surface area contributed by atoms with Gasteiger partial charge in [-0.3, -0.25) is 0 Å². The molecule has 2 aliphatic rings. The number of likely N-dealkylation sites (tertiary alicyclic amines) is 1. The maximum atomic E-state index is 11.8. The van der Waals surface area contributed by atoms with Crippen LogP contribution in [0.3, 0.4) is 0 Å². The molecule has 0 aromatic heterocycles. The lowest BCUT2D eigenvalue weighted by Gasteiger charge is -2.29. The monoisotopic (exact) mass is 258 g/mol. The van der Waals surface area contributed by atoms with E-state index < -0.39 is 5.60 Å². The number of hydrogen-bond donors (Lipinski definition) is 1. The molecule has 0 saturated carbocycles. The molecule has 98 valence electrons. The molecular weight excluding hydrogens is 236 g/mol. The van der Waals surface area contributed by atoms with Crippen molar-refractivity contribution in [3.8, 4) is 0 Å². The molecule has 1 amide bonds. The molecule has 2 heterocycles. The highest BCUT2D eigenvalue weighted by molar-refractivity contribution is 8.00. The second-order valence-corrected chi connectivity index (χ2v) is 6.89. The summed E-state index contributed by atoms with van der Waals surface area (Å²) in [6.07, 6.45) is 0.866. The van der Waals surface area contributed by atoms with Gasteiger partial charge in [-0.05, 0) is 27.2 Å². The summed E-state index contributed by atoms with van der Waals surface area (Å²) in [7, 11) is 0. The Morgan fingerprint density at radius 1 is 1.35 bits per heavy atom. The van der Waals surface area contributed by atoms with Crippen LogP contribution >= 0.6 is 11.8 Å². The normalized spacial score (nSPS) is 25.8. The van der Waals surface area contributed by atoms with Crippen molar-refractivity contribution < 1.29 is 9.53 Å². The largest absolute Gasteiger partial charge is 0.444 e. The van der Waals surface area contributed by atoms with E-state index in [1.54, 1.807) is 0 Å². The van der Waals surface area contributed by atoms with Gasteiger partial charge in [-0.1, -0.05) is 0 Å². The van der Waals surface area contributed by atoms with E-state index in [-0.39, 0.29) is 6.09 Å². The molecule has 2 fully saturated rings. The lowest BCUT2D eigenvalue weighted by molar-refractivity contribution is 0.0290. The Balaban J connectivity index is 1.74. The van der Waals surface area contributed by atoms with Crippen LogP contribution in [0.1, 0.15) is 27.2 Å². The van der Waals surface area contributed by atoms with Crippen LogP contribution in [0.15, 0.2) is 0 Å². The van der Waals surface area contributed by atoms with Crippen LogP contribution in [0.4, 0.5) is 4.79 Å². The van der Waals surface area contributed by atoms with E-state index in [9.17, 15) is 4.79 Å². The lowest BCUT2D eigenvalue weighted by atomic mass is 10.2. The molecule has 0 spiro atoms. The van der Waals surface area contributed by atoms with Gasteiger partial charge in [0.2, 0.25) is 0 Å². The highest BCUT2D eigenvalue weighted by atomic mass is 32.2. The van der Waals surface area contributed by atoms with Crippen LogP contribution in [0.25, 0.3) is 0 Å². The van der Waals surface area contributed by atoms with Gasteiger partial charge in [-0.15, -0.1) is 0 Å². The van der Waals surface area contributed by atoms with Crippen LogP contribution < -0.4 is 5.32 Å². The van der Waals surface area contributed by atoms with Gasteiger partial charge in [-0.25, -0.2) is 4.79 Å². The van der Waals surface area contributed by atoms with Crippen molar-refractivity contribution >= 4 is 17.9 Å². The van der Waals surface area contributed by atoms with E-state index in [1.165, 1.54) is 11.5 Å². The van der Waals surface area contributed by atoms with E-state index in [4.69, 9.17) is 4.74 Å². The third-order valence-corrected chi connectivity index (χ3v) is 4.23. The summed E-state index contributed by atoms with van der Waals surface area (Å²) in [5.74, 6) is 2.42. The molecule has 1 N–H and O–H groups in total. The number of nitrogens with one attached hydrogen (secondary N) is 1. The van der Waals surface area contributed by atoms with Gasteiger partial charge in [0.25, 0.3) is 0 Å². The fourth-order valence-corrected chi connectivity index (χ4v) is 2.72. The number of carbonyl (C=O) groups is 1. The third-order valence-electron chi connectivity index (χ3n) is 2.95. The average molecular weight is 258 g/mol. The van der Waals surface area contributed by atoms with Crippen molar-refractivity contribution in [3.63, 3.8) is 0 Å². The first kappa shape index (κ1) is 13.0. The van der Waals surface area contributed by atoms with Crippen LogP contribution in [0.5, 0.6) is 0 Å². The Labute approximate surface area is 107 Å². The minimum atomic E-state index is -0.396. The first-order chi connectivity index (χ1) is 7.94. The van der Waals surface area contributed by atoms with Crippen molar-refractivity contribution in [1.29, 1.82) is 0 Å². The molecule has 2 saturated heterocycles. The Morgan fingerprint density at radius 3 is 2.59 bits per heavy atom. The number of ether oxygens (including phenoxy) is 1. The first-order valence-electron chi connectivity index (χ1n) is 6.26. The topological polar surface area (TPSA) is 41.6 Å². The molecule has 1 atom stereocenters. The van der Waals surface area contributed by atoms with Gasteiger partial charge < -0.3 is 15.0 Å². The van der Waals surface area contributed by atoms with Crippen molar-refractivity contribution in [2.24, 2.45) is 0 Å².